The van der Waals surface area contributed by atoms with Gasteiger partial charge in [-0.3, -0.25) is 4.68 Å². The van der Waals surface area contributed by atoms with Gasteiger partial charge in [0.1, 0.15) is 0 Å². The lowest BCUT2D eigenvalue weighted by Gasteiger charge is -1.99. The van der Waals surface area contributed by atoms with Crippen molar-refractivity contribution in [1.29, 1.82) is 0 Å². The molecular weight excluding hydrogens is 184 g/mol. The van der Waals surface area contributed by atoms with Crippen LogP contribution in [0.2, 0.25) is 0 Å². The smallest absolute Gasteiger partial charge is 0.0681 e. The van der Waals surface area contributed by atoms with Crippen LogP contribution < -0.4 is 0 Å². The molecule has 0 bridgehead atoms. The van der Waals surface area contributed by atoms with Crippen LogP contribution in [0.1, 0.15) is 25.5 Å². The molecule has 1 aromatic heterocycles. The summed E-state index contributed by atoms with van der Waals surface area (Å²) in [7, 11) is 1.99. The number of rotatable bonds is 2. The van der Waals surface area contributed by atoms with Gasteiger partial charge in [0.25, 0.3) is 0 Å². The molecule has 0 N–H and O–H groups in total. The van der Waals surface area contributed by atoms with Crippen molar-refractivity contribution < 1.29 is 0 Å². The molecule has 2 rings (SSSR count). The van der Waals surface area contributed by atoms with Gasteiger partial charge in [-0.05, 0) is 17.5 Å². The second-order valence-electron chi connectivity index (χ2n) is 4.10. The predicted octanol–water partition coefficient (Wildman–Crippen LogP) is 3.21. The maximum Gasteiger partial charge on any atom is 0.0681 e. The normalized spacial score (nSPS) is 10.9. The zero-order chi connectivity index (χ0) is 10.8. The Morgan fingerprint density at radius 1 is 1.13 bits per heavy atom. The largest absolute Gasteiger partial charge is 0.268 e. The fourth-order valence-corrected chi connectivity index (χ4v) is 1.65. The second kappa shape index (κ2) is 3.89. The van der Waals surface area contributed by atoms with Crippen molar-refractivity contribution in [2.24, 2.45) is 7.05 Å². The maximum atomic E-state index is 4.50. The van der Waals surface area contributed by atoms with Crippen molar-refractivity contribution in [2.75, 3.05) is 0 Å². The summed E-state index contributed by atoms with van der Waals surface area (Å²) in [5, 5.41) is 4.50. The molecule has 2 heteroatoms. The van der Waals surface area contributed by atoms with E-state index in [1.54, 1.807) is 0 Å². The summed E-state index contributed by atoms with van der Waals surface area (Å²) in [6.45, 7) is 4.33. The van der Waals surface area contributed by atoms with Crippen LogP contribution in [-0.4, -0.2) is 9.78 Å². The number of hydrogen-bond acceptors (Lipinski definition) is 1. The molecule has 0 fully saturated rings. The Morgan fingerprint density at radius 3 is 2.33 bits per heavy atom. The third-order valence-electron chi connectivity index (χ3n) is 2.56. The van der Waals surface area contributed by atoms with Gasteiger partial charge in [-0.15, -0.1) is 0 Å². The molecule has 0 radical (unpaired) electrons. The summed E-state index contributed by atoms with van der Waals surface area (Å²) in [6.07, 6.45) is 0. The Hall–Kier alpha value is -1.57. The molecule has 2 nitrogen and oxygen atoms in total. The van der Waals surface area contributed by atoms with Crippen LogP contribution in [0.25, 0.3) is 11.3 Å². The predicted molar refractivity (Wildman–Crippen MR) is 62.7 cm³/mol. The monoisotopic (exact) mass is 200 g/mol. The minimum absolute atomic E-state index is 0.480. The fraction of sp³-hybridized carbons (Fsp3) is 0.308. The lowest BCUT2D eigenvalue weighted by Crippen LogP contribution is -1.95. The van der Waals surface area contributed by atoms with Crippen molar-refractivity contribution in [1.82, 2.24) is 9.78 Å². The minimum Gasteiger partial charge on any atom is -0.268 e. The van der Waals surface area contributed by atoms with Crippen LogP contribution in [0.15, 0.2) is 36.4 Å². The quantitative estimate of drug-likeness (QED) is 0.727. The number of aryl methyl sites for hydroxylation is 1. The molecule has 2 aromatic rings. The average molecular weight is 200 g/mol. The van der Waals surface area contributed by atoms with Crippen LogP contribution >= 0.6 is 0 Å². The Morgan fingerprint density at radius 2 is 1.80 bits per heavy atom. The van der Waals surface area contributed by atoms with Crippen molar-refractivity contribution in [2.45, 2.75) is 19.8 Å². The molecule has 0 atom stereocenters. The van der Waals surface area contributed by atoms with Gasteiger partial charge in [0.05, 0.1) is 11.4 Å². The number of aromatic nitrogens is 2. The zero-order valence-electron chi connectivity index (χ0n) is 9.44. The van der Waals surface area contributed by atoms with E-state index in [-0.39, 0.29) is 0 Å². The minimum atomic E-state index is 0.480. The summed E-state index contributed by atoms with van der Waals surface area (Å²) >= 11 is 0. The van der Waals surface area contributed by atoms with Gasteiger partial charge in [-0.2, -0.15) is 5.10 Å². The molecule has 0 saturated heterocycles. The highest BCUT2D eigenvalue weighted by molar-refractivity contribution is 5.59. The van der Waals surface area contributed by atoms with E-state index in [1.165, 1.54) is 11.3 Å². The van der Waals surface area contributed by atoms with Gasteiger partial charge in [-0.25, -0.2) is 0 Å². The first-order valence-corrected chi connectivity index (χ1v) is 5.28. The Balaban J connectivity index is 2.45. The highest BCUT2D eigenvalue weighted by atomic mass is 15.3. The lowest BCUT2D eigenvalue weighted by atomic mass is 10.1. The van der Waals surface area contributed by atoms with Crippen LogP contribution in [-0.2, 0) is 7.05 Å². The fourth-order valence-electron chi connectivity index (χ4n) is 1.65. The molecule has 0 unspecified atom stereocenters. The van der Waals surface area contributed by atoms with E-state index in [9.17, 15) is 0 Å². The first-order chi connectivity index (χ1) is 7.18. The molecule has 0 saturated carbocycles. The third-order valence-corrected chi connectivity index (χ3v) is 2.56. The summed E-state index contributed by atoms with van der Waals surface area (Å²) in [4.78, 5) is 0. The maximum absolute atomic E-state index is 4.50. The van der Waals surface area contributed by atoms with Crippen LogP contribution in [0.3, 0.4) is 0 Å². The van der Waals surface area contributed by atoms with Gasteiger partial charge in [0.15, 0.2) is 0 Å². The SMILES string of the molecule is CC(C)c1cc(-c2ccccc2)n(C)n1. The number of benzene rings is 1. The van der Waals surface area contributed by atoms with Gasteiger partial charge >= 0.3 is 0 Å². The van der Waals surface area contributed by atoms with E-state index in [4.69, 9.17) is 0 Å². The molecule has 0 aliphatic heterocycles. The molecule has 0 amide bonds. The summed E-state index contributed by atoms with van der Waals surface area (Å²) in [5.41, 5.74) is 3.55. The Labute approximate surface area is 90.6 Å². The van der Waals surface area contributed by atoms with E-state index >= 15 is 0 Å². The van der Waals surface area contributed by atoms with Gasteiger partial charge in [-0.1, -0.05) is 44.2 Å². The van der Waals surface area contributed by atoms with Crippen LogP contribution in [0, 0.1) is 0 Å². The third kappa shape index (κ3) is 1.94. The zero-order valence-corrected chi connectivity index (χ0v) is 9.44. The summed E-state index contributed by atoms with van der Waals surface area (Å²) in [5.74, 6) is 0.480. The van der Waals surface area contributed by atoms with Gasteiger partial charge in [0.2, 0.25) is 0 Å². The molecule has 0 aliphatic carbocycles. The molecule has 0 spiro atoms. The summed E-state index contributed by atoms with van der Waals surface area (Å²) < 4.78 is 1.95. The number of nitrogens with zero attached hydrogens (tertiary/aromatic N) is 2. The molecule has 78 valence electrons. The van der Waals surface area contributed by atoms with Gasteiger partial charge < -0.3 is 0 Å². The highest BCUT2D eigenvalue weighted by Crippen LogP contribution is 2.22. The van der Waals surface area contributed by atoms with Crippen molar-refractivity contribution >= 4 is 0 Å². The molecule has 15 heavy (non-hydrogen) atoms. The van der Waals surface area contributed by atoms with Crippen molar-refractivity contribution in [3.63, 3.8) is 0 Å². The molecular formula is C13H16N2. The van der Waals surface area contributed by atoms with Crippen LogP contribution in [0.5, 0.6) is 0 Å². The van der Waals surface area contributed by atoms with E-state index in [0.29, 0.717) is 5.92 Å². The van der Waals surface area contributed by atoms with Crippen molar-refractivity contribution in [3.05, 3.63) is 42.1 Å². The number of hydrogen-bond donors (Lipinski definition) is 0. The van der Waals surface area contributed by atoms with E-state index in [0.717, 1.165) is 5.69 Å². The van der Waals surface area contributed by atoms with Gasteiger partial charge in [0, 0.05) is 7.05 Å². The Bertz CT molecular complexity index is 441. The Kier molecular flexibility index (Phi) is 2.58. The molecule has 1 aromatic carbocycles. The standard InChI is InChI=1S/C13H16N2/c1-10(2)12-9-13(15(3)14-12)11-7-5-4-6-8-11/h4-10H,1-3H3. The van der Waals surface area contributed by atoms with E-state index in [1.807, 2.05) is 17.8 Å². The second-order valence-corrected chi connectivity index (χ2v) is 4.10. The molecule has 0 aliphatic rings. The molecule has 1 heterocycles. The summed E-state index contributed by atoms with van der Waals surface area (Å²) in [6, 6.07) is 12.5. The first-order valence-electron chi connectivity index (χ1n) is 5.28. The first kappa shape index (κ1) is 9.97. The van der Waals surface area contributed by atoms with Crippen molar-refractivity contribution in [3.8, 4) is 11.3 Å². The van der Waals surface area contributed by atoms with Crippen LogP contribution in [0.4, 0.5) is 0 Å². The van der Waals surface area contributed by atoms with E-state index < -0.39 is 0 Å². The average Bonchev–Trinajstić information content (AvgIpc) is 2.62. The topological polar surface area (TPSA) is 17.8 Å². The van der Waals surface area contributed by atoms with E-state index in [2.05, 4.69) is 49.3 Å². The highest BCUT2D eigenvalue weighted by Gasteiger charge is 2.08. The lowest BCUT2D eigenvalue weighted by molar-refractivity contribution is 0.717.